The van der Waals surface area contributed by atoms with Crippen LogP contribution < -0.4 is 10.2 Å². The standard InChI is InChI=1S/C20H24N2O3/c1-13-20(19(24)16-8-4-5-9-17(16)21-13)25-12-18(23)22(15-10-11-15)14-6-2-3-7-14/h4-5,8-9,14-15H,2-3,6-7,10-12H2,1H3,(H,21,24). The van der Waals surface area contributed by atoms with Crippen molar-refractivity contribution in [3.05, 3.63) is 40.2 Å². The first kappa shape index (κ1) is 16.2. The molecule has 5 nitrogen and oxygen atoms in total. The molecule has 0 saturated heterocycles. The predicted molar refractivity (Wildman–Crippen MR) is 96.9 cm³/mol. The summed E-state index contributed by atoms with van der Waals surface area (Å²) in [7, 11) is 0. The van der Waals surface area contributed by atoms with Gasteiger partial charge in [0.15, 0.2) is 12.4 Å². The number of aryl methyl sites for hydroxylation is 1. The Hall–Kier alpha value is -2.30. The van der Waals surface area contributed by atoms with Gasteiger partial charge in [0.2, 0.25) is 5.43 Å². The van der Waals surface area contributed by atoms with Crippen molar-refractivity contribution < 1.29 is 9.53 Å². The Balaban J connectivity index is 1.53. The van der Waals surface area contributed by atoms with E-state index in [1.165, 1.54) is 12.8 Å². The van der Waals surface area contributed by atoms with Gasteiger partial charge < -0.3 is 14.6 Å². The Bertz CT molecular complexity index is 848. The molecule has 0 spiro atoms. The summed E-state index contributed by atoms with van der Waals surface area (Å²) < 4.78 is 5.72. The van der Waals surface area contributed by atoms with Crippen LogP contribution in [0, 0.1) is 6.92 Å². The van der Waals surface area contributed by atoms with Crippen molar-refractivity contribution in [3.8, 4) is 5.75 Å². The molecule has 1 amide bonds. The number of carbonyl (C=O) groups is 1. The molecule has 132 valence electrons. The van der Waals surface area contributed by atoms with Crippen LogP contribution in [0.15, 0.2) is 29.1 Å². The fourth-order valence-corrected chi connectivity index (χ4v) is 3.96. The monoisotopic (exact) mass is 340 g/mol. The summed E-state index contributed by atoms with van der Waals surface area (Å²) in [5.74, 6) is 0.274. The Labute approximate surface area is 147 Å². The number of nitrogens with zero attached hydrogens (tertiary/aromatic N) is 1. The number of ether oxygens (including phenoxy) is 1. The van der Waals surface area contributed by atoms with Gasteiger partial charge in [-0.25, -0.2) is 0 Å². The molecule has 2 aliphatic rings. The van der Waals surface area contributed by atoms with Crippen LogP contribution in [0.5, 0.6) is 5.75 Å². The number of hydrogen-bond acceptors (Lipinski definition) is 3. The Morgan fingerprint density at radius 2 is 1.84 bits per heavy atom. The molecule has 0 bridgehead atoms. The summed E-state index contributed by atoms with van der Waals surface area (Å²) in [6, 6.07) is 8.10. The van der Waals surface area contributed by atoms with Gasteiger partial charge in [-0.15, -0.1) is 0 Å². The maximum Gasteiger partial charge on any atom is 0.261 e. The molecule has 0 atom stereocenters. The van der Waals surface area contributed by atoms with Crippen LogP contribution in [-0.2, 0) is 4.79 Å². The van der Waals surface area contributed by atoms with E-state index in [4.69, 9.17) is 4.74 Å². The number of fused-ring (bicyclic) bond motifs is 1. The van der Waals surface area contributed by atoms with E-state index in [9.17, 15) is 9.59 Å². The average molecular weight is 340 g/mol. The van der Waals surface area contributed by atoms with Crippen molar-refractivity contribution in [2.75, 3.05) is 6.61 Å². The molecular formula is C20H24N2O3. The van der Waals surface area contributed by atoms with Crippen LogP contribution in [0.3, 0.4) is 0 Å². The van der Waals surface area contributed by atoms with Crippen molar-refractivity contribution in [3.63, 3.8) is 0 Å². The number of benzene rings is 1. The predicted octanol–water partition coefficient (Wildman–Crippen LogP) is 3.15. The van der Waals surface area contributed by atoms with Gasteiger partial charge in [-0.1, -0.05) is 25.0 Å². The summed E-state index contributed by atoms with van der Waals surface area (Å²) in [6.45, 7) is 1.75. The molecule has 0 radical (unpaired) electrons. The number of hydrogen-bond donors (Lipinski definition) is 1. The minimum Gasteiger partial charge on any atom is -0.478 e. The van der Waals surface area contributed by atoms with Gasteiger partial charge in [0.25, 0.3) is 5.91 Å². The topological polar surface area (TPSA) is 62.4 Å². The van der Waals surface area contributed by atoms with Crippen LogP contribution in [-0.4, -0.2) is 34.5 Å². The second-order valence-corrected chi connectivity index (χ2v) is 7.21. The van der Waals surface area contributed by atoms with Crippen LogP contribution in [0.1, 0.15) is 44.2 Å². The number of aromatic amines is 1. The Kier molecular flexibility index (Phi) is 4.24. The minimum absolute atomic E-state index is 0.0151. The molecule has 25 heavy (non-hydrogen) atoms. The fourth-order valence-electron chi connectivity index (χ4n) is 3.96. The third-order valence-corrected chi connectivity index (χ3v) is 5.33. The SMILES string of the molecule is Cc1[nH]c2ccccc2c(=O)c1OCC(=O)N(C1CCCC1)C1CC1. The molecule has 5 heteroatoms. The molecule has 1 aromatic heterocycles. The molecule has 2 aliphatic carbocycles. The maximum absolute atomic E-state index is 12.8. The number of amides is 1. The maximum atomic E-state index is 12.8. The first-order valence-electron chi connectivity index (χ1n) is 9.20. The minimum atomic E-state index is -0.154. The average Bonchev–Trinajstić information content (AvgIpc) is 3.28. The van der Waals surface area contributed by atoms with E-state index in [2.05, 4.69) is 4.98 Å². The molecule has 2 saturated carbocycles. The lowest BCUT2D eigenvalue weighted by Gasteiger charge is -2.29. The Morgan fingerprint density at radius 1 is 1.16 bits per heavy atom. The largest absolute Gasteiger partial charge is 0.478 e. The van der Waals surface area contributed by atoms with Crippen LogP contribution in [0.25, 0.3) is 10.9 Å². The van der Waals surface area contributed by atoms with Crippen molar-refractivity contribution >= 4 is 16.8 Å². The molecule has 2 aromatic rings. The van der Waals surface area contributed by atoms with Gasteiger partial charge in [-0.2, -0.15) is 0 Å². The van der Waals surface area contributed by atoms with Gasteiger partial charge in [-0.3, -0.25) is 9.59 Å². The molecule has 1 N–H and O–H groups in total. The van der Waals surface area contributed by atoms with Crippen LogP contribution in [0.2, 0.25) is 0 Å². The molecular weight excluding hydrogens is 316 g/mol. The lowest BCUT2D eigenvalue weighted by atomic mass is 10.2. The lowest BCUT2D eigenvalue weighted by molar-refractivity contribution is -0.136. The number of aromatic nitrogens is 1. The zero-order chi connectivity index (χ0) is 17.4. The number of para-hydroxylation sites is 1. The van der Waals surface area contributed by atoms with Crippen molar-refractivity contribution in [1.29, 1.82) is 0 Å². The van der Waals surface area contributed by atoms with Gasteiger partial charge >= 0.3 is 0 Å². The third kappa shape index (κ3) is 3.15. The van der Waals surface area contributed by atoms with Crippen molar-refractivity contribution in [2.45, 2.75) is 57.5 Å². The number of pyridine rings is 1. The number of carbonyl (C=O) groups excluding carboxylic acids is 1. The highest BCUT2D eigenvalue weighted by Crippen LogP contribution is 2.34. The van der Waals surface area contributed by atoms with Crippen molar-refractivity contribution in [2.24, 2.45) is 0 Å². The number of H-pyrrole nitrogens is 1. The fraction of sp³-hybridized carbons (Fsp3) is 0.500. The second kappa shape index (κ2) is 6.54. The molecule has 0 unspecified atom stereocenters. The molecule has 1 heterocycles. The third-order valence-electron chi connectivity index (χ3n) is 5.33. The summed E-state index contributed by atoms with van der Waals surface area (Å²) >= 11 is 0. The zero-order valence-electron chi connectivity index (χ0n) is 14.6. The van der Waals surface area contributed by atoms with E-state index >= 15 is 0 Å². The van der Waals surface area contributed by atoms with Gasteiger partial charge in [0.05, 0.1) is 5.69 Å². The highest BCUT2D eigenvalue weighted by Gasteiger charge is 2.38. The number of rotatable bonds is 5. The van der Waals surface area contributed by atoms with E-state index in [-0.39, 0.29) is 23.7 Å². The summed E-state index contributed by atoms with van der Waals surface area (Å²) in [5.41, 5.74) is 1.29. The second-order valence-electron chi connectivity index (χ2n) is 7.21. The van der Waals surface area contributed by atoms with E-state index in [0.717, 1.165) is 31.2 Å². The van der Waals surface area contributed by atoms with E-state index in [1.54, 1.807) is 6.07 Å². The first-order valence-corrected chi connectivity index (χ1v) is 9.20. The smallest absolute Gasteiger partial charge is 0.261 e. The van der Waals surface area contributed by atoms with Gasteiger partial charge in [0, 0.05) is 23.0 Å². The molecule has 0 aliphatic heterocycles. The summed E-state index contributed by atoms with van der Waals surface area (Å²) in [6.07, 6.45) is 6.78. The van der Waals surface area contributed by atoms with Crippen LogP contribution >= 0.6 is 0 Å². The van der Waals surface area contributed by atoms with Gasteiger partial charge in [0.1, 0.15) is 0 Å². The zero-order valence-corrected chi connectivity index (χ0v) is 14.6. The first-order chi connectivity index (χ1) is 12.1. The molecule has 4 rings (SSSR count). The number of nitrogens with one attached hydrogen (secondary N) is 1. The van der Waals surface area contributed by atoms with Crippen molar-refractivity contribution in [1.82, 2.24) is 9.88 Å². The highest BCUT2D eigenvalue weighted by atomic mass is 16.5. The molecule has 2 fully saturated rings. The van der Waals surface area contributed by atoms with Gasteiger partial charge in [-0.05, 0) is 44.7 Å². The quantitative estimate of drug-likeness (QED) is 0.909. The van der Waals surface area contributed by atoms with Crippen LogP contribution in [0.4, 0.5) is 0 Å². The molecule has 1 aromatic carbocycles. The normalized spacial score (nSPS) is 17.8. The summed E-state index contributed by atoms with van der Waals surface area (Å²) in [4.78, 5) is 30.7. The Morgan fingerprint density at radius 3 is 2.56 bits per heavy atom. The summed E-state index contributed by atoms with van der Waals surface area (Å²) in [5, 5.41) is 0.588. The van der Waals surface area contributed by atoms with E-state index < -0.39 is 0 Å². The lowest BCUT2D eigenvalue weighted by Crippen LogP contribution is -2.43. The van der Waals surface area contributed by atoms with E-state index in [0.29, 0.717) is 23.2 Å². The van der Waals surface area contributed by atoms with E-state index in [1.807, 2.05) is 30.0 Å². The highest BCUT2D eigenvalue weighted by molar-refractivity contribution is 5.81.